The predicted octanol–water partition coefficient (Wildman–Crippen LogP) is 3.77. The molecule has 6 nitrogen and oxygen atoms in total. The first kappa shape index (κ1) is 21.8. The summed E-state index contributed by atoms with van der Waals surface area (Å²) in [6.45, 7) is -0.628. The molecule has 0 unspecified atom stereocenters. The highest BCUT2D eigenvalue weighted by Crippen LogP contribution is 2.33. The van der Waals surface area contributed by atoms with E-state index in [1.807, 2.05) is 0 Å². The quantitative estimate of drug-likeness (QED) is 0.748. The van der Waals surface area contributed by atoms with Gasteiger partial charge in [0.25, 0.3) is 0 Å². The molecule has 0 aromatic heterocycles. The van der Waals surface area contributed by atoms with Gasteiger partial charge in [-0.15, -0.1) is 0 Å². The van der Waals surface area contributed by atoms with E-state index < -0.39 is 34.2 Å². The molecule has 0 saturated carbocycles. The fraction of sp³-hybridized carbons (Fsp3) is 0.235. The van der Waals surface area contributed by atoms with Crippen molar-refractivity contribution in [3.8, 4) is 5.75 Å². The van der Waals surface area contributed by atoms with Gasteiger partial charge in [-0.05, 0) is 42.5 Å². The molecule has 0 aliphatic rings. The second kappa shape index (κ2) is 8.27. The molecule has 0 aliphatic heterocycles. The second-order valence-corrected chi connectivity index (χ2v) is 8.05. The number of anilines is 2. The number of rotatable bonds is 6. The largest absolute Gasteiger partial charge is 0.495 e. The number of carbonyl (C=O) groups excluding carboxylic acids is 1. The summed E-state index contributed by atoms with van der Waals surface area (Å²) in [5.41, 5.74) is -0.725. The normalized spacial score (nSPS) is 11.8. The third-order valence-electron chi connectivity index (χ3n) is 3.59. The predicted molar refractivity (Wildman–Crippen MR) is 100 cm³/mol. The Morgan fingerprint density at radius 3 is 2.29 bits per heavy atom. The standard InChI is InChI=1S/C17H16ClF3N2O4S/c1-27-15-8-5-12(18)9-14(15)23(28(2,25)26)10-16(24)22-13-6-3-11(4-7-13)17(19,20)21/h3-9H,10H2,1-2H3,(H,22,24). The van der Waals surface area contributed by atoms with E-state index in [4.69, 9.17) is 16.3 Å². The molecule has 0 atom stereocenters. The number of alkyl halides is 3. The molecule has 0 saturated heterocycles. The Hall–Kier alpha value is -2.46. The summed E-state index contributed by atoms with van der Waals surface area (Å²) in [5.74, 6) is -0.579. The fourth-order valence-corrected chi connectivity index (χ4v) is 3.33. The maximum absolute atomic E-state index is 12.6. The number of nitrogens with zero attached hydrogens (tertiary/aromatic N) is 1. The van der Waals surface area contributed by atoms with Crippen molar-refractivity contribution < 1.29 is 31.1 Å². The monoisotopic (exact) mass is 436 g/mol. The highest BCUT2D eigenvalue weighted by atomic mass is 35.5. The van der Waals surface area contributed by atoms with Crippen LogP contribution in [0.4, 0.5) is 24.5 Å². The van der Waals surface area contributed by atoms with Gasteiger partial charge >= 0.3 is 6.18 Å². The molecule has 0 bridgehead atoms. The Morgan fingerprint density at radius 1 is 1.18 bits per heavy atom. The van der Waals surface area contributed by atoms with Crippen molar-refractivity contribution >= 4 is 38.9 Å². The van der Waals surface area contributed by atoms with Gasteiger partial charge in [-0.1, -0.05) is 11.6 Å². The van der Waals surface area contributed by atoms with Crippen LogP contribution in [0.25, 0.3) is 0 Å². The van der Waals surface area contributed by atoms with Gasteiger partial charge in [-0.3, -0.25) is 9.10 Å². The van der Waals surface area contributed by atoms with Crippen LogP contribution < -0.4 is 14.4 Å². The lowest BCUT2D eigenvalue weighted by Gasteiger charge is -2.24. The summed E-state index contributed by atoms with van der Waals surface area (Å²) in [7, 11) is -2.57. The van der Waals surface area contributed by atoms with Crippen LogP contribution in [0.5, 0.6) is 5.75 Å². The van der Waals surface area contributed by atoms with Crippen molar-refractivity contribution in [2.24, 2.45) is 0 Å². The molecule has 0 aliphatic carbocycles. The summed E-state index contributed by atoms with van der Waals surface area (Å²) >= 11 is 5.92. The smallest absolute Gasteiger partial charge is 0.416 e. The number of hydrogen-bond acceptors (Lipinski definition) is 4. The number of ether oxygens (including phenoxy) is 1. The zero-order valence-electron chi connectivity index (χ0n) is 14.7. The molecule has 0 fully saturated rings. The number of hydrogen-bond donors (Lipinski definition) is 1. The van der Waals surface area contributed by atoms with Crippen LogP contribution in [0, 0.1) is 0 Å². The van der Waals surface area contributed by atoms with Gasteiger partial charge in [-0.2, -0.15) is 13.2 Å². The van der Waals surface area contributed by atoms with E-state index in [0.29, 0.717) is 0 Å². The zero-order chi connectivity index (χ0) is 21.1. The first-order valence-electron chi connectivity index (χ1n) is 7.70. The number of nitrogens with one attached hydrogen (secondary N) is 1. The molecular formula is C17H16ClF3N2O4S. The minimum Gasteiger partial charge on any atom is -0.495 e. The lowest BCUT2D eigenvalue weighted by atomic mass is 10.2. The summed E-state index contributed by atoms with van der Waals surface area (Å²) < 4.78 is 68.0. The van der Waals surface area contributed by atoms with E-state index in [1.54, 1.807) is 0 Å². The Kier molecular flexibility index (Phi) is 6.45. The molecule has 0 radical (unpaired) electrons. The van der Waals surface area contributed by atoms with E-state index in [0.717, 1.165) is 34.8 Å². The van der Waals surface area contributed by atoms with Gasteiger partial charge in [0.1, 0.15) is 12.3 Å². The summed E-state index contributed by atoms with van der Waals surface area (Å²) in [6, 6.07) is 8.04. The van der Waals surface area contributed by atoms with Crippen LogP contribution in [0.1, 0.15) is 5.56 Å². The van der Waals surface area contributed by atoms with Crippen molar-refractivity contribution in [3.05, 3.63) is 53.1 Å². The maximum atomic E-state index is 12.6. The molecule has 11 heteroatoms. The summed E-state index contributed by atoms with van der Waals surface area (Å²) in [4.78, 5) is 12.3. The molecule has 1 N–H and O–H groups in total. The minimum absolute atomic E-state index is 0.0556. The highest BCUT2D eigenvalue weighted by Gasteiger charge is 2.30. The van der Waals surface area contributed by atoms with Crippen molar-refractivity contribution in [3.63, 3.8) is 0 Å². The van der Waals surface area contributed by atoms with Crippen LogP contribution in [0.15, 0.2) is 42.5 Å². The number of benzene rings is 2. The molecule has 1 amide bonds. The lowest BCUT2D eigenvalue weighted by Crippen LogP contribution is -2.37. The summed E-state index contributed by atoms with van der Waals surface area (Å²) in [6.07, 6.45) is -3.60. The third kappa shape index (κ3) is 5.52. The van der Waals surface area contributed by atoms with Gasteiger partial charge in [0, 0.05) is 10.7 Å². The third-order valence-corrected chi connectivity index (χ3v) is 4.95. The first-order valence-corrected chi connectivity index (χ1v) is 9.93. The van der Waals surface area contributed by atoms with Crippen LogP contribution in [0.3, 0.4) is 0 Å². The van der Waals surface area contributed by atoms with Gasteiger partial charge in [0.15, 0.2) is 0 Å². The number of methoxy groups -OCH3 is 1. The molecule has 2 aromatic rings. The Morgan fingerprint density at radius 2 is 1.79 bits per heavy atom. The van der Waals surface area contributed by atoms with Crippen molar-refractivity contribution in [1.29, 1.82) is 0 Å². The van der Waals surface area contributed by atoms with E-state index >= 15 is 0 Å². The van der Waals surface area contributed by atoms with Crippen LogP contribution >= 0.6 is 11.6 Å². The van der Waals surface area contributed by atoms with Crippen molar-refractivity contribution in [2.45, 2.75) is 6.18 Å². The Labute approximate surface area is 164 Å². The molecule has 152 valence electrons. The number of sulfonamides is 1. The highest BCUT2D eigenvalue weighted by molar-refractivity contribution is 7.92. The number of carbonyl (C=O) groups is 1. The van der Waals surface area contributed by atoms with E-state index in [1.165, 1.54) is 25.3 Å². The second-order valence-electron chi connectivity index (χ2n) is 5.71. The average molecular weight is 437 g/mol. The van der Waals surface area contributed by atoms with E-state index in [2.05, 4.69) is 5.32 Å². The Bertz CT molecular complexity index is 963. The SMILES string of the molecule is COc1ccc(Cl)cc1N(CC(=O)Nc1ccc(C(F)(F)F)cc1)S(C)(=O)=O. The van der Waals surface area contributed by atoms with Crippen LogP contribution in [-0.4, -0.2) is 34.2 Å². The lowest BCUT2D eigenvalue weighted by molar-refractivity contribution is -0.137. The number of halogens is 4. The maximum Gasteiger partial charge on any atom is 0.416 e. The molecule has 2 aromatic carbocycles. The first-order chi connectivity index (χ1) is 12.9. The van der Waals surface area contributed by atoms with Gasteiger partial charge < -0.3 is 10.1 Å². The summed E-state index contributed by atoms with van der Waals surface area (Å²) in [5, 5.41) is 2.59. The van der Waals surface area contributed by atoms with Gasteiger partial charge in [-0.25, -0.2) is 8.42 Å². The van der Waals surface area contributed by atoms with E-state index in [-0.39, 0.29) is 22.1 Å². The van der Waals surface area contributed by atoms with Gasteiger partial charge in [0.2, 0.25) is 15.9 Å². The van der Waals surface area contributed by atoms with Crippen LogP contribution in [-0.2, 0) is 21.0 Å². The van der Waals surface area contributed by atoms with Gasteiger partial charge in [0.05, 0.1) is 24.6 Å². The van der Waals surface area contributed by atoms with E-state index in [9.17, 15) is 26.4 Å². The van der Waals surface area contributed by atoms with Crippen molar-refractivity contribution in [1.82, 2.24) is 0 Å². The topological polar surface area (TPSA) is 75.7 Å². The molecule has 2 rings (SSSR count). The molecular weight excluding hydrogens is 421 g/mol. The number of amides is 1. The molecule has 0 spiro atoms. The molecule has 0 heterocycles. The Balaban J connectivity index is 2.24. The van der Waals surface area contributed by atoms with Crippen molar-refractivity contribution in [2.75, 3.05) is 29.5 Å². The minimum atomic E-state index is -4.50. The molecule has 28 heavy (non-hydrogen) atoms. The fourth-order valence-electron chi connectivity index (χ4n) is 2.31. The zero-order valence-corrected chi connectivity index (χ0v) is 16.3. The van der Waals surface area contributed by atoms with Crippen LogP contribution in [0.2, 0.25) is 5.02 Å². The average Bonchev–Trinajstić information content (AvgIpc) is 2.58.